The number of urea groups is 1. The molecule has 0 spiro atoms. The second-order valence-corrected chi connectivity index (χ2v) is 6.19. The van der Waals surface area contributed by atoms with E-state index in [2.05, 4.69) is 11.4 Å². The summed E-state index contributed by atoms with van der Waals surface area (Å²) in [6.45, 7) is 6.74. The van der Waals surface area contributed by atoms with Crippen LogP contribution < -0.4 is 10.1 Å². The van der Waals surface area contributed by atoms with Crippen molar-refractivity contribution >= 4 is 6.03 Å². The highest BCUT2D eigenvalue weighted by Gasteiger charge is 2.17. The van der Waals surface area contributed by atoms with Crippen molar-refractivity contribution < 1.29 is 13.9 Å². The third kappa shape index (κ3) is 5.21. The van der Waals surface area contributed by atoms with Gasteiger partial charge in [0.2, 0.25) is 0 Å². The number of ether oxygens (including phenoxy) is 1. The molecule has 134 valence electrons. The van der Waals surface area contributed by atoms with E-state index in [9.17, 15) is 9.18 Å². The van der Waals surface area contributed by atoms with Gasteiger partial charge in [0.05, 0.1) is 12.6 Å². The zero-order valence-electron chi connectivity index (χ0n) is 15.2. The smallest absolute Gasteiger partial charge is 0.317 e. The molecule has 4 nitrogen and oxygen atoms in total. The Bertz CT molecular complexity index is 716. The molecule has 2 aromatic rings. The number of hydrogen-bond acceptors (Lipinski definition) is 2. The average Bonchev–Trinajstić information content (AvgIpc) is 2.59. The summed E-state index contributed by atoms with van der Waals surface area (Å²) in [5, 5.41) is 2.83. The summed E-state index contributed by atoms with van der Waals surface area (Å²) in [4.78, 5) is 13.8. The second-order valence-electron chi connectivity index (χ2n) is 6.19. The Labute approximate surface area is 148 Å². The van der Waals surface area contributed by atoms with Gasteiger partial charge >= 0.3 is 6.03 Å². The molecule has 0 aromatic heterocycles. The zero-order valence-corrected chi connectivity index (χ0v) is 15.2. The predicted molar refractivity (Wildman–Crippen MR) is 97.4 cm³/mol. The zero-order chi connectivity index (χ0) is 18.4. The maximum atomic E-state index is 13.0. The average molecular weight is 344 g/mol. The molecule has 2 rings (SSSR count). The minimum Gasteiger partial charge on any atom is -0.491 e. The standard InChI is InChI=1S/C20H25FN2O2/c1-14-5-10-19(15(2)13-14)25-12-11-22-20(24)23(4)16(3)17-6-8-18(21)9-7-17/h5-10,13,16H,11-12H2,1-4H3,(H,22,24)/t16-/m1/s1. The maximum absolute atomic E-state index is 13.0. The van der Waals surface area contributed by atoms with E-state index in [-0.39, 0.29) is 17.9 Å². The topological polar surface area (TPSA) is 41.6 Å². The molecule has 2 amide bonds. The first-order valence-corrected chi connectivity index (χ1v) is 8.34. The van der Waals surface area contributed by atoms with Gasteiger partial charge in [0.1, 0.15) is 18.2 Å². The molecule has 1 N–H and O–H groups in total. The van der Waals surface area contributed by atoms with Crippen LogP contribution in [0.2, 0.25) is 0 Å². The summed E-state index contributed by atoms with van der Waals surface area (Å²) in [7, 11) is 1.72. The first kappa shape index (κ1) is 18.8. The summed E-state index contributed by atoms with van der Waals surface area (Å²) in [5.74, 6) is 0.541. The van der Waals surface area contributed by atoms with Gasteiger partial charge in [-0.3, -0.25) is 0 Å². The van der Waals surface area contributed by atoms with Gasteiger partial charge in [-0.25, -0.2) is 9.18 Å². The van der Waals surface area contributed by atoms with Crippen LogP contribution in [0.5, 0.6) is 5.75 Å². The van der Waals surface area contributed by atoms with E-state index in [0.717, 1.165) is 16.9 Å². The second kappa shape index (κ2) is 8.51. The highest BCUT2D eigenvalue weighted by atomic mass is 19.1. The third-order valence-electron chi connectivity index (χ3n) is 4.22. The van der Waals surface area contributed by atoms with Crippen LogP contribution in [0, 0.1) is 19.7 Å². The fraction of sp³-hybridized carbons (Fsp3) is 0.350. The number of benzene rings is 2. The molecule has 0 fully saturated rings. The van der Waals surface area contributed by atoms with Gasteiger partial charge in [-0.1, -0.05) is 29.8 Å². The molecular weight excluding hydrogens is 319 g/mol. The van der Waals surface area contributed by atoms with Crippen LogP contribution in [0.25, 0.3) is 0 Å². The molecule has 1 atom stereocenters. The molecule has 0 aliphatic carbocycles. The fourth-order valence-corrected chi connectivity index (χ4v) is 2.55. The van der Waals surface area contributed by atoms with Gasteiger partial charge in [0.25, 0.3) is 0 Å². The van der Waals surface area contributed by atoms with Gasteiger partial charge in [-0.2, -0.15) is 0 Å². The monoisotopic (exact) mass is 344 g/mol. The Kier molecular flexibility index (Phi) is 6.39. The quantitative estimate of drug-likeness (QED) is 0.797. The first-order valence-electron chi connectivity index (χ1n) is 8.34. The van der Waals surface area contributed by atoms with E-state index in [4.69, 9.17) is 4.74 Å². The largest absolute Gasteiger partial charge is 0.491 e. The van der Waals surface area contributed by atoms with E-state index in [1.165, 1.54) is 17.7 Å². The Hall–Kier alpha value is -2.56. The maximum Gasteiger partial charge on any atom is 0.317 e. The van der Waals surface area contributed by atoms with E-state index in [1.54, 1.807) is 24.1 Å². The van der Waals surface area contributed by atoms with Gasteiger partial charge in [0.15, 0.2) is 0 Å². The highest BCUT2D eigenvalue weighted by molar-refractivity contribution is 5.74. The van der Waals surface area contributed by atoms with Gasteiger partial charge in [-0.05, 0) is 50.1 Å². The summed E-state index contributed by atoms with van der Waals surface area (Å²) in [6.07, 6.45) is 0. The third-order valence-corrected chi connectivity index (χ3v) is 4.22. The van der Waals surface area contributed by atoms with Crippen LogP contribution in [0.15, 0.2) is 42.5 Å². The fourth-order valence-electron chi connectivity index (χ4n) is 2.55. The Morgan fingerprint density at radius 3 is 2.52 bits per heavy atom. The summed E-state index contributed by atoms with van der Waals surface area (Å²) in [6, 6.07) is 11.8. The van der Waals surface area contributed by atoms with Gasteiger partial charge in [0, 0.05) is 7.05 Å². The summed E-state index contributed by atoms with van der Waals surface area (Å²) < 4.78 is 18.7. The SMILES string of the molecule is Cc1ccc(OCCNC(=O)N(C)[C@H](C)c2ccc(F)cc2)c(C)c1. The van der Waals surface area contributed by atoms with Gasteiger partial charge < -0.3 is 15.0 Å². The van der Waals surface area contributed by atoms with Gasteiger partial charge in [-0.15, -0.1) is 0 Å². The molecule has 0 radical (unpaired) electrons. The molecule has 0 heterocycles. The van der Waals surface area contributed by atoms with Crippen molar-refractivity contribution in [2.45, 2.75) is 26.8 Å². The van der Waals surface area contributed by atoms with Crippen LogP contribution in [0.4, 0.5) is 9.18 Å². The molecule has 2 aromatic carbocycles. The molecule has 0 bridgehead atoms. The lowest BCUT2D eigenvalue weighted by atomic mass is 10.1. The van der Waals surface area contributed by atoms with E-state index in [1.807, 2.05) is 32.9 Å². The van der Waals surface area contributed by atoms with Crippen LogP contribution in [-0.2, 0) is 0 Å². The number of hydrogen-bond donors (Lipinski definition) is 1. The van der Waals surface area contributed by atoms with Crippen molar-refractivity contribution in [2.24, 2.45) is 0 Å². The number of amides is 2. The number of carbonyl (C=O) groups is 1. The van der Waals surface area contributed by atoms with Crippen molar-refractivity contribution in [1.29, 1.82) is 0 Å². The van der Waals surface area contributed by atoms with E-state index < -0.39 is 0 Å². The van der Waals surface area contributed by atoms with E-state index in [0.29, 0.717) is 13.2 Å². The van der Waals surface area contributed by atoms with Crippen LogP contribution >= 0.6 is 0 Å². The van der Waals surface area contributed by atoms with Crippen molar-refractivity contribution in [1.82, 2.24) is 10.2 Å². The lowest BCUT2D eigenvalue weighted by molar-refractivity contribution is 0.191. The van der Waals surface area contributed by atoms with Crippen molar-refractivity contribution in [3.8, 4) is 5.75 Å². The Balaban J connectivity index is 1.80. The Morgan fingerprint density at radius 1 is 1.20 bits per heavy atom. The molecule has 0 unspecified atom stereocenters. The lowest BCUT2D eigenvalue weighted by Gasteiger charge is -2.25. The summed E-state index contributed by atoms with van der Waals surface area (Å²) in [5.41, 5.74) is 3.15. The molecule has 0 aliphatic rings. The van der Waals surface area contributed by atoms with E-state index >= 15 is 0 Å². The minimum absolute atomic E-state index is 0.152. The van der Waals surface area contributed by atoms with Crippen molar-refractivity contribution in [3.63, 3.8) is 0 Å². The summed E-state index contributed by atoms with van der Waals surface area (Å²) >= 11 is 0. The molecule has 5 heteroatoms. The van der Waals surface area contributed by atoms with Crippen molar-refractivity contribution in [2.75, 3.05) is 20.2 Å². The molecular formula is C20H25FN2O2. The van der Waals surface area contributed by atoms with Crippen molar-refractivity contribution in [3.05, 3.63) is 65.0 Å². The number of nitrogens with zero attached hydrogens (tertiary/aromatic N) is 1. The first-order chi connectivity index (χ1) is 11.9. The normalized spacial score (nSPS) is 11.7. The molecule has 0 saturated heterocycles. The molecule has 25 heavy (non-hydrogen) atoms. The van der Waals surface area contributed by atoms with Crippen LogP contribution in [0.1, 0.15) is 29.7 Å². The number of rotatable bonds is 6. The van der Waals surface area contributed by atoms with Crippen LogP contribution in [0.3, 0.4) is 0 Å². The predicted octanol–water partition coefficient (Wildman–Crippen LogP) is 4.22. The molecule has 0 saturated carbocycles. The number of aryl methyl sites for hydroxylation is 2. The number of nitrogens with one attached hydrogen (secondary N) is 1. The van der Waals surface area contributed by atoms with Crippen LogP contribution in [-0.4, -0.2) is 31.1 Å². The number of carbonyl (C=O) groups excluding carboxylic acids is 1. The highest BCUT2D eigenvalue weighted by Crippen LogP contribution is 2.19. The Morgan fingerprint density at radius 2 is 1.88 bits per heavy atom. The lowest BCUT2D eigenvalue weighted by Crippen LogP contribution is -2.40. The minimum atomic E-state index is -0.286. The molecule has 0 aliphatic heterocycles. The number of halogens is 1.